The first-order chi connectivity index (χ1) is 9.15. The molecular weight excluding hydrogens is 238 g/mol. The van der Waals surface area contributed by atoms with Crippen molar-refractivity contribution in [2.75, 3.05) is 14.2 Å². The number of hydrogen-bond acceptors (Lipinski definition) is 3. The highest BCUT2D eigenvalue weighted by Gasteiger charge is 2.12. The van der Waals surface area contributed by atoms with Crippen molar-refractivity contribution >= 4 is 0 Å². The first kappa shape index (κ1) is 13.4. The average Bonchev–Trinajstić information content (AvgIpc) is 2.46. The van der Waals surface area contributed by atoms with Crippen LogP contribution in [-0.2, 0) is 0 Å². The Bertz CT molecular complexity index is 566. The van der Waals surface area contributed by atoms with Gasteiger partial charge in [0.15, 0.2) is 0 Å². The average molecular weight is 257 g/mol. The van der Waals surface area contributed by atoms with Crippen molar-refractivity contribution in [2.45, 2.75) is 13.0 Å². The number of nitrogens with two attached hydrogens (primary N) is 1. The van der Waals surface area contributed by atoms with Gasteiger partial charge in [-0.25, -0.2) is 0 Å². The highest BCUT2D eigenvalue weighted by Crippen LogP contribution is 2.27. The van der Waals surface area contributed by atoms with Gasteiger partial charge in [-0.3, -0.25) is 0 Å². The van der Waals surface area contributed by atoms with Gasteiger partial charge in [0.05, 0.1) is 20.3 Å². The zero-order chi connectivity index (χ0) is 13.8. The summed E-state index contributed by atoms with van der Waals surface area (Å²) in [7, 11) is 3.32. The van der Waals surface area contributed by atoms with Crippen molar-refractivity contribution < 1.29 is 9.47 Å². The Balaban J connectivity index is 2.35. The summed E-state index contributed by atoms with van der Waals surface area (Å²) in [5, 5.41) is 0. The Morgan fingerprint density at radius 2 is 1.63 bits per heavy atom. The lowest BCUT2D eigenvalue weighted by Gasteiger charge is -2.16. The van der Waals surface area contributed by atoms with Crippen molar-refractivity contribution in [1.29, 1.82) is 0 Å². The molecule has 0 heterocycles. The normalized spacial score (nSPS) is 12.0. The van der Waals surface area contributed by atoms with Gasteiger partial charge in [0, 0.05) is 0 Å². The van der Waals surface area contributed by atoms with Crippen LogP contribution in [0.5, 0.6) is 11.5 Å². The highest BCUT2D eigenvalue weighted by atomic mass is 16.5. The molecule has 0 aliphatic rings. The maximum absolute atomic E-state index is 6.34. The molecule has 2 aromatic rings. The molecule has 0 saturated carbocycles. The standard InChI is InChI=1S/C16H19NO2/c1-11-9-14(19-3)7-8-15(11)16(17)12-5-4-6-13(10-12)18-2/h4-10,16H,17H2,1-3H3. The summed E-state index contributed by atoms with van der Waals surface area (Å²) in [5.74, 6) is 1.67. The quantitative estimate of drug-likeness (QED) is 0.915. The second kappa shape index (κ2) is 5.76. The fourth-order valence-corrected chi connectivity index (χ4v) is 2.14. The van der Waals surface area contributed by atoms with Gasteiger partial charge in [0.2, 0.25) is 0 Å². The summed E-state index contributed by atoms with van der Waals surface area (Å²) in [4.78, 5) is 0. The lowest BCUT2D eigenvalue weighted by molar-refractivity contribution is 0.413. The van der Waals surface area contributed by atoms with E-state index >= 15 is 0 Å². The van der Waals surface area contributed by atoms with Crippen LogP contribution in [0.25, 0.3) is 0 Å². The predicted octanol–water partition coefficient (Wildman–Crippen LogP) is 3.06. The van der Waals surface area contributed by atoms with E-state index in [0.717, 1.165) is 28.2 Å². The van der Waals surface area contributed by atoms with E-state index in [1.165, 1.54) is 0 Å². The van der Waals surface area contributed by atoms with Crippen LogP contribution in [0.4, 0.5) is 0 Å². The SMILES string of the molecule is COc1cccc(C(N)c2ccc(OC)cc2C)c1. The smallest absolute Gasteiger partial charge is 0.119 e. The van der Waals surface area contributed by atoms with E-state index in [9.17, 15) is 0 Å². The van der Waals surface area contributed by atoms with Crippen LogP contribution in [0.1, 0.15) is 22.7 Å². The zero-order valence-electron chi connectivity index (χ0n) is 11.5. The van der Waals surface area contributed by atoms with Crippen LogP contribution < -0.4 is 15.2 Å². The van der Waals surface area contributed by atoms with Crippen LogP contribution in [0.2, 0.25) is 0 Å². The van der Waals surface area contributed by atoms with Gasteiger partial charge in [-0.1, -0.05) is 18.2 Å². The Morgan fingerprint density at radius 3 is 2.26 bits per heavy atom. The molecule has 2 rings (SSSR count). The molecule has 0 saturated heterocycles. The van der Waals surface area contributed by atoms with Gasteiger partial charge in [0.1, 0.15) is 11.5 Å². The molecule has 0 spiro atoms. The first-order valence-corrected chi connectivity index (χ1v) is 6.19. The third-order valence-corrected chi connectivity index (χ3v) is 3.26. The minimum atomic E-state index is -0.166. The highest BCUT2D eigenvalue weighted by molar-refractivity contribution is 5.42. The molecule has 3 nitrogen and oxygen atoms in total. The van der Waals surface area contributed by atoms with Crippen molar-refractivity contribution in [1.82, 2.24) is 0 Å². The first-order valence-electron chi connectivity index (χ1n) is 6.19. The number of aryl methyl sites for hydroxylation is 1. The molecule has 19 heavy (non-hydrogen) atoms. The summed E-state index contributed by atoms with van der Waals surface area (Å²) >= 11 is 0. The van der Waals surface area contributed by atoms with E-state index in [1.54, 1.807) is 14.2 Å². The molecule has 0 aliphatic carbocycles. The van der Waals surface area contributed by atoms with Crippen LogP contribution >= 0.6 is 0 Å². The molecule has 2 aromatic carbocycles. The fourth-order valence-electron chi connectivity index (χ4n) is 2.14. The number of benzene rings is 2. The number of ether oxygens (including phenoxy) is 2. The topological polar surface area (TPSA) is 44.5 Å². The third-order valence-electron chi connectivity index (χ3n) is 3.26. The second-order valence-corrected chi connectivity index (χ2v) is 4.48. The van der Waals surface area contributed by atoms with Gasteiger partial charge in [-0.05, 0) is 47.9 Å². The molecule has 1 unspecified atom stereocenters. The van der Waals surface area contributed by atoms with E-state index < -0.39 is 0 Å². The zero-order valence-corrected chi connectivity index (χ0v) is 11.5. The van der Waals surface area contributed by atoms with Crippen molar-refractivity contribution in [3.63, 3.8) is 0 Å². The molecule has 0 radical (unpaired) electrons. The minimum absolute atomic E-state index is 0.166. The molecule has 1 atom stereocenters. The minimum Gasteiger partial charge on any atom is -0.497 e. The summed E-state index contributed by atoms with van der Waals surface area (Å²) in [6, 6.07) is 13.6. The molecule has 0 bridgehead atoms. The van der Waals surface area contributed by atoms with E-state index in [2.05, 4.69) is 0 Å². The fraction of sp³-hybridized carbons (Fsp3) is 0.250. The van der Waals surface area contributed by atoms with E-state index in [-0.39, 0.29) is 6.04 Å². The van der Waals surface area contributed by atoms with Crippen LogP contribution in [0.3, 0.4) is 0 Å². The second-order valence-electron chi connectivity index (χ2n) is 4.48. The Kier molecular flexibility index (Phi) is 4.07. The molecule has 100 valence electrons. The van der Waals surface area contributed by atoms with Crippen LogP contribution in [0.15, 0.2) is 42.5 Å². The molecule has 2 N–H and O–H groups in total. The third kappa shape index (κ3) is 2.88. The van der Waals surface area contributed by atoms with Crippen molar-refractivity contribution in [3.05, 3.63) is 59.2 Å². The number of methoxy groups -OCH3 is 2. The van der Waals surface area contributed by atoms with E-state index in [0.29, 0.717) is 0 Å². The molecule has 0 aromatic heterocycles. The van der Waals surface area contributed by atoms with Gasteiger partial charge in [-0.15, -0.1) is 0 Å². The lowest BCUT2D eigenvalue weighted by Crippen LogP contribution is -2.13. The van der Waals surface area contributed by atoms with E-state index in [1.807, 2.05) is 49.4 Å². The monoisotopic (exact) mass is 257 g/mol. The number of hydrogen-bond donors (Lipinski definition) is 1. The van der Waals surface area contributed by atoms with Gasteiger partial charge in [-0.2, -0.15) is 0 Å². The van der Waals surface area contributed by atoms with Crippen LogP contribution in [-0.4, -0.2) is 14.2 Å². The van der Waals surface area contributed by atoms with Gasteiger partial charge >= 0.3 is 0 Å². The molecular formula is C16H19NO2. The maximum Gasteiger partial charge on any atom is 0.119 e. The predicted molar refractivity (Wildman–Crippen MR) is 76.8 cm³/mol. The van der Waals surface area contributed by atoms with E-state index in [4.69, 9.17) is 15.2 Å². The lowest BCUT2D eigenvalue weighted by atomic mass is 9.95. The van der Waals surface area contributed by atoms with Crippen LogP contribution in [0, 0.1) is 6.92 Å². The van der Waals surface area contributed by atoms with Gasteiger partial charge < -0.3 is 15.2 Å². The Labute approximate surface area is 114 Å². The summed E-state index contributed by atoms with van der Waals surface area (Å²) in [6.07, 6.45) is 0. The van der Waals surface area contributed by atoms with Crippen molar-refractivity contribution in [2.24, 2.45) is 5.73 Å². The summed E-state index contributed by atoms with van der Waals surface area (Å²) < 4.78 is 10.4. The van der Waals surface area contributed by atoms with Crippen molar-refractivity contribution in [3.8, 4) is 11.5 Å². The number of rotatable bonds is 4. The Morgan fingerprint density at radius 1 is 0.947 bits per heavy atom. The Hall–Kier alpha value is -2.00. The molecule has 0 amide bonds. The summed E-state index contributed by atoms with van der Waals surface area (Å²) in [5.41, 5.74) is 9.58. The van der Waals surface area contributed by atoms with Gasteiger partial charge in [0.25, 0.3) is 0 Å². The summed E-state index contributed by atoms with van der Waals surface area (Å²) in [6.45, 7) is 2.04. The maximum atomic E-state index is 6.34. The molecule has 0 aliphatic heterocycles. The molecule has 3 heteroatoms. The molecule has 0 fully saturated rings. The largest absolute Gasteiger partial charge is 0.497 e.